The van der Waals surface area contributed by atoms with Crippen LogP contribution in [-0.4, -0.2) is 12.6 Å². The van der Waals surface area contributed by atoms with Gasteiger partial charge in [0.15, 0.2) is 0 Å². The summed E-state index contributed by atoms with van der Waals surface area (Å²) < 4.78 is 84.1. The molecule has 0 unspecified atom stereocenters. The molecule has 0 aliphatic rings. The number of carbonyl (C=O) groups is 1. The molecule has 0 aliphatic carbocycles. The minimum atomic E-state index is -4.95. The molecular weight excluding hydrogens is 350 g/mol. The maximum Gasteiger partial charge on any atom is 0.417 e. The first-order chi connectivity index (χ1) is 11.6. The van der Waals surface area contributed by atoms with Crippen LogP contribution in [0.15, 0.2) is 42.5 Å². The Kier molecular flexibility index (Phi) is 5.10. The van der Waals surface area contributed by atoms with Gasteiger partial charge < -0.3 is 4.74 Å². The Morgan fingerprint density at radius 2 is 1.44 bits per heavy atom. The van der Waals surface area contributed by atoms with Gasteiger partial charge in [-0.05, 0) is 36.2 Å². The van der Waals surface area contributed by atoms with Crippen molar-refractivity contribution in [2.75, 3.05) is 6.61 Å². The zero-order valence-electron chi connectivity index (χ0n) is 12.8. The predicted molar refractivity (Wildman–Crippen MR) is 77.8 cm³/mol. The van der Waals surface area contributed by atoms with Crippen molar-refractivity contribution in [1.29, 1.82) is 0 Å². The second-order valence-corrected chi connectivity index (χ2v) is 5.02. The third kappa shape index (κ3) is 4.12. The SMILES string of the molecule is CCOC(=O)c1ccc(-c2ccccc2C(F)(F)F)c(C(F)(F)F)c1. The lowest BCUT2D eigenvalue weighted by molar-refractivity contribution is -0.139. The number of halogens is 6. The van der Waals surface area contributed by atoms with Crippen LogP contribution in [0.25, 0.3) is 11.1 Å². The molecule has 0 aromatic heterocycles. The Balaban J connectivity index is 2.69. The van der Waals surface area contributed by atoms with Crippen LogP contribution >= 0.6 is 0 Å². The molecule has 2 aromatic rings. The van der Waals surface area contributed by atoms with Crippen molar-refractivity contribution in [3.05, 3.63) is 59.2 Å². The van der Waals surface area contributed by atoms with E-state index in [4.69, 9.17) is 0 Å². The summed E-state index contributed by atoms with van der Waals surface area (Å²) in [6.07, 6.45) is -9.77. The fourth-order valence-corrected chi connectivity index (χ4v) is 2.32. The lowest BCUT2D eigenvalue weighted by Gasteiger charge is -2.18. The summed E-state index contributed by atoms with van der Waals surface area (Å²) in [5.41, 5.74) is -4.19. The van der Waals surface area contributed by atoms with Gasteiger partial charge in [0.05, 0.1) is 23.3 Å². The number of rotatable bonds is 3. The molecular formula is C17H12F6O2. The Morgan fingerprint density at radius 1 is 0.880 bits per heavy atom. The average Bonchev–Trinajstić information content (AvgIpc) is 2.53. The number of hydrogen-bond acceptors (Lipinski definition) is 2. The topological polar surface area (TPSA) is 26.3 Å². The van der Waals surface area contributed by atoms with Crippen molar-refractivity contribution < 1.29 is 35.9 Å². The van der Waals surface area contributed by atoms with Crippen LogP contribution in [-0.2, 0) is 17.1 Å². The monoisotopic (exact) mass is 362 g/mol. The summed E-state index contributed by atoms with van der Waals surface area (Å²) in [7, 11) is 0. The summed E-state index contributed by atoms with van der Waals surface area (Å²) in [4.78, 5) is 11.6. The minimum Gasteiger partial charge on any atom is -0.462 e. The van der Waals surface area contributed by atoms with Crippen LogP contribution in [0.3, 0.4) is 0 Å². The molecule has 0 saturated carbocycles. The smallest absolute Gasteiger partial charge is 0.417 e. The van der Waals surface area contributed by atoms with E-state index in [-0.39, 0.29) is 12.2 Å². The third-order valence-corrected chi connectivity index (χ3v) is 3.36. The standard InChI is InChI=1S/C17H12F6O2/c1-2-25-15(24)10-7-8-12(14(9-10)17(21,22)23)11-5-3-4-6-13(11)16(18,19)20/h3-9H,2H2,1H3. The van der Waals surface area contributed by atoms with Crippen LogP contribution in [0.2, 0.25) is 0 Å². The van der Waals surface area contributed by atoms with Gasteiger partial charge in [-0.3, -0.25) is 0 Å². The molecule has 2 nitrogen and oxygen atoms in total. The Labute approximate surface area is 139 Å². The number of esters is 1. The highest BCUT2D eigenvalue weighted by atomic mass is 19.4. The van der Waals surface area contributed by atoms with Crippen LogP contribution in [0, 0.1) is 0 Å². The quantitative estimate of drug-likeness (QED) is 0.527. The van der Waals surface area contributed by atoms with Gasteiger partial charge in [-0.2, -0.15) is 26.3 Å². The largest absolute Gasteiger partial charge is 0.462 e. The summed E-state index contributed by atoms with van der Waals surface area (Å²) in [6.45, 7) is 1.44. The molecule has 0 N–H and O–H groups in total. The minimum absolute atomic E-state index is 0.0428. The maximum atomic E-state index is 13.4. The molecule has 134 valence electrons. The number of alkyl halides is 6. The summed E-state index contributed by atoms with van der Waals surface area (Å²) in [5.74, 6) is -0.983. The Hall–Kier alpha value is -2.51. The van der Waals surface area contributed by atoms with Crippen LogP contribution in [0.1, 0.15) is 28.4 Å². The van der Waals surface area contributed by atoms with Gasteiger partial charge in [-0.15, -0.1) is 0 Å². The normalized spacial score (nSPS) is 12.1. The highest BCUT2D eigenvalue weighted by Gasteiger charge is 2.38. The number of hydrogen-bond donors (Lipinski definition) is 0. The number of ether oxygens (including phenoxy) is 1. The molecule has 2 rings (SSSR count). The fraction of sp³-hybridized carbons (Fsp3) is 0.235. The van der Waals surface area contributed by atoms with E-state index in [1.165, 1.54) is 13.0 Å². The molecule has 0 saturated heterocycles. The van der Waals surface area contributed by atoms with E-state index in [1.54, 1.807) is 0 Å². The molecule has 25 heavy (non-hydrogen) atoms. The highest BCUT2D eigenvalue weighted by Crippen LogP contribution is 2.42. The summed E-state index contributed by atoms with van der Waals surface area (Å²) in [6, 6.07) is 6.32. The molecule has 0 bridgehead atoms. The first kappa shape index (κ1) is 18.8. The number of benzene rings is 2. The van der Waals surface area contributed by atoms with E-state index >= 15 is 0 Å². The predicted octanol–water partition coefficient (Wildman–Crippen LogP) is 5.57. The van der Waals surface area contributed by atoms with Crippen LogP contribution in [0.5, 0.6) is 0 Å². The van der Waals surface area contributed by atoms with E-state index in [2.05, 4.69) is 4.74 Å². The van der Waals surface area contributed by atoms with Gasteiger partial charge in [0, 0.05) is 0 Å². The average molecular weight is 362 g/mol. The Morgan fingerprint density at radius 3 is 2.00 bits per heavy atom. The van der Waals surface area contributed by atoms with E-state index in [1.807, 2.05) is 0 Å². The van der Waals surface area contributed by atoms with E-state index < -0.39 is 40.6 Å². The van der Waals surface area contributed by atoms with Crippen LogP contribution < -0.4 is 0 Å². The van der Waals surface area contributed by atoms with Crippen LogP contribution in [0.4, 0.5) is 26.3 Å². The molecule has 0 aliphatic heterocycles. The lowest BCUT2D eigenvalue weighted by Crippen LogP contribution is -2.13. The molecule has 0 heterocycles. The maximum absolute atomic E-state index is 13.4. The van der Waals surface area contributed by atoms with Gasteiger partial charge >= 0.3 is 18.3 Å². The van der Waals surface area contributed by atoms with Crippen molar-refractivity contribution in [2.24, 2.45) is 0 Å². The van der Waals surface area contributed by atoms with Gasteiger partial charge in [-0.25, -0.2) is 4.79 Å². The fourth-order valence-electron chi connectivity index (χ4n) is 2.32. The van der Waals surface area contributed by atoms with Crippen molar-refractivity contribution in [3.8, 4) is 11.1 Å². The third-order valence-electron chi connectivity index (χ3n) is 3.36. The molecule has 0 radical (unpaired) electrons. The highest BCUT2D eigenvalue weighted by molar-refractivity contribution is 5.91. The molecule has 2 aromatic carbocycles. The zero-order valence-corrected chi connectivity index (χ0v) is 12.8. The summed E-state index contributed by atoms with van der Waals surface area (Å²) >= 11 is 0. The molecule has 0 fully saturated rings. The number of carbonyl (C=O) groups excluding carboxylic acids is 1. The van der Waals surface area contributed by atoms with Gasteiger partial charge in [-0.1, -0.05) is 24.3 Å². The molecule has 0 amide bonds. The molecule has 0 atom stereocenters. The lowest BCUT2D eigenvalue weighted by atomic mass is 9.93. The summed E-state index contributed by atoms with van der Waals surface area (Å²) in [5, 5.41) is 0. The molecule has 8 heteroatoms. The Bertz CT molecular complexity index is 777. The van der Waals surface area contributed by atoms with E-state index in [0.29, 0.717) is 12.1 Å². The first-order valence-electron chi connectivity index (χ1n) is 7.10. The van der Waals surface area contributed by atoms with Crippen molar-refractivity contribution in [1.82, 2.24) is 0 Å². The zero-order chi connectivity index (χ0) is 18.8. The van der Waals surface area contributed by atoms with Gasteiger partial charge in [0.25, 0.3) is 0 Å². The second-order valence-electron chi connectivity index (χ2n) is 5.02. The first-order valence-corrected chi connectivity index (χ1v) is 7.10. The van der Waals surface area contributed by atoms with Gasteiger partial charge in [0.1, 0.15) is 0 Å². The van der Waals surface area contributed by atoms with Crippen molar-refractivity contribution in [3.63, 3.8) is 0 Å². The van der Waals surface area contributed by atoms with E-state index in [0.717, 1.165) is 24.3 Å². The second kappa shape index (κ2) is 6.78. The van der Waals surface area contributed by atoms with Crippen molar-refractivity contribution >= 4 is 5.97 Å². The molecule has 0 spiro atoms. The van der Waals surface area contributed by atoms with Crippen molar-refractivity contribution in [2.45, 2.75) is 19.3 Å². The van der Waals surface area contributed by atoms with Gasteiger partial charge in [0.2, 0.25) is 0 Å². The van der Waals surface area contributed by atoms with E-state index in [9.17, 15) is 31.1 Å².